The average Bonchev–Trinajstić information content (AvgIpc) is 2.28. The van der Waals surface area contributed by atoms with E-state index in [1.807, 2.05) is 0 Å². The molecule has 1 rings (SSSR count). The van der Waals surface area contributed by atoms with Gasteiger partial charge in [0.1, 0.15) is 0 Å². The van der Waals surface area contributed by atoms with E-state index in [4.69, 9.17) is 11.5 Å². The lowest BCUT2D eigenvalue weighted by atomic mass is 9.91. The van der Waals surface area contributed by atoms with E-state index in [1.165, 1.54) is 25.7 Å². The summed E-state index contributed by atoms with van der Waals surface area (Å²) < 4.78 is 0. The maximum atomic E-state index is 6.15. The van der Waals surface area contributed by atoms with Gasteiger partial charge >= 0.3 is 0 Å². The summed E-state index contributed by atoms with van der Waals surface area (Å²) in [6.45, 7) is 2.93. The van der Waals surface area contributed by atoms with Gasteiger partial charge in [0.05, 0.1) is 0 Å². The van der Waals surface area contributed by atoms with Crippen LogP contribution >= 0.6 is 0 Å². The minimum atomic E-state index is -0.0378. The van der Waals surface area contributed by atoms with Crippen molar-refractivity contribution in [3.63, 3.8) is 0 Å². The third kappa shape index (κ3) is 2.46. The predicted octanol–water partition coefficient (Wildman–Crippen LogP) is 1.63. The van der Waals surface area contributed by atoms with Crippen molar-refractivity contribution in [3.8, 4) is 0 Å². The lowest BCUT2D eigenvalue weighted by molar-refractivity contribution is 0.369. The highest BCUT2D eigenvalue weighted by Gasteiger charge is 2.26. The molecule has 1 fully saturated rings. The highest BCUT2D eigenvalue weighted by molar-refractivity contribution is 4.88. The molecule has 2 nitrogen and oxygen atoms in total. The fourth-order valence-electron chi connectivity index (χ4n) is 2.12. The molecule has 1 saturated carbocycles. The summed E-state index contributed by atoms with van der Waals surface area (Å²) in [5.74, 6) is 0.905. The zero-order chi connectivity index (χ0) is 9.03. The van der Waals surface area contributed by atoms with Crippen molar-refractivity contribution in [1.29, 1.82) is 0 Å². The van der Waals surface area contributed by atoms with Crippen LogP contribution in [0, 0.1) is 5.92 Å². The van der Waals surface area contributed by atoms with Crippen molar-refractivity contribution in [1.82, 2.24) is 0 Å². The molecule has 2 heteroatoms. The van der Waals surface area contributed by atoms with E-state index in [1.54, 1.807) is 0 Å². The molecule has 72 valence electrons. The number of rotatable bonds is 2. The standard InChI is InChI=1S/C10H22N2/c1-2-9-4-3-6-10(12,8-11)7-5-9/h9H,2-8,11-12H2,1H3. The van der Waals surface area contributed by atoms with Gasteiger partial charge < -0.3 is 11.5 Å². The molecular formula is C10H22N2. The molecule has 0 aromatic rings. The molecule has 0 aromatic heterocycles. The van der Waals surface area contributed by atoms with Gasteiger partial charge in [-0.1, -0.05) is 26.2 Å². The second-order valence-corrected chi connectivity index (χ2v) is 4.27. The highest BCUT2D eigenvalue weighted by Crippen LogP contribution is 2.29. The van der Waals surface area contributed by atoms with Crippen LogP contribution in [0.1, 0.15) is 45.4 Å². The summed E-state index contributed by atoms with van der Waals surface area (Å²) in [4.78, 5) is 0. The van der Waals surface area contributed by atoms with Crippen LogP contribution in [0.5, 0.6) is 0 Å². The van der Waals surface area contributed by atoms with Crippen LogP contribution in [-0.4, -0.2) is 12.1 Å². The molecule has 4 N–H and O–H groups in total. The molecule has 12 heavy (non-hydrogen) atoms. The van der Waals surface area contributed by atoms with Gasteiger partial charge in [0.15, 0.2) is 0 Å². The third-order valence-electron chi connectivity index (χ3n) is 3.32. The van der Waals surface area contributed by atoms with Crippen molar-refractivity contribution in [2.24, 2.45) is 17.4 Å². The van der Waals surface area contributed by atoms with Crippen molar-refractivity contribution >= 4 is 0 Å². The summed E-state index contributed by atoms with van der Waals surface area (Å²) in [6, 6.07) is 0. The van der Waals surface area contributed by atoms with Crippen molar-refractivity contribution in [2.45, 2.75) is 51.0 Å². The molecule has 1 aliphatic carbocycles. The van der Waals surface area contributed by atoms with Crippen molar-refractivity contribution in [2.75, 3.05) is 6.54 Å². The summed E-state index contributed by atoms with van der Waals surface area (Å²) in [6.07, 6.45) is 7.47. The minimum absolute atomic E-state index is 0.0378. The molecule has 2 unspecified atom stereocenters. The van der Waals surface area contributed by atoms with E-state index in [0.717, 1.165) is 18.8 Å². The molecule has 1 aliphatic rings. The van der Waals surface area contributed by atoms with Crippen LogP contribution < -0.4 is 11.5 Å². The molecule has 0 amide bonds. The van der Waals surface area contributed by atoms with Crippen molar-refractivity contribution in [3.05, 3.63) is 0 Å². The Kier molecular flexibility index (Phi) is 3.53. The Bertz CT molecular complexity index is 136. The molecule has 0 aromatic carbocycles. The monoisotopic (exact) mass is 170 g/mol. The Hall–Kier alpha value is -0.0800. The number of hydrogen-bond donors (Lipinski definition) is 2. The van der Waals surface area contributed by atoms with E-state index in [0.29, 0.717) is 6.54 Å². The molecule has 0 saturated heterocycles. The first-order valence-electron chi connectivity index (χ1n) is 5.19. The minimum Gasteiger partial charge on any atom is -0.329 e. The van der Waals surface area contributed by atoms with Gasteiger partial charge in [-0.2, -0.15) is 0 Å². The second-order valence-electron chi connectivity index (χ2n) is 4.27. The predicted molar refractivity (Wildman–Crippen MR) is 52.8 cm³/mol. The van der Waals surface area contributed by atoms with Gasteiger partial charge in [-0.25, -0.2) is 0 Å². The second kappa shape index (κ2) is 4.24. The van der Waals surface area contributed by atoms with E-state index in [9.17, 15) is 0 Å². The molecule has 2 atom stereocenters. The lowest BCUT2D eigenvalue weighted by Crippen LogP contribution is -2.46. The summed E-state index contributed by atoms with van der Waals surface area (Å²) >= 11 is 0. The molecular weight excluding hydrogens is 148 g/mol. The molecule has 0 aliphatic heterocycles. The van der Waals surface area contributed by atoms with E-state index in [2.05, 4.69) is 6.92 Å². The first kappa shape index (κ1) is 10.0. The van der Waals surface area contributed by atoms with Gasteiger partial charge in [-0.15, -0.1) is 0 Å². The molecule has 0 radical (unpaired) electrons. The fraction of sp³-hybridized carbons (Fsp3) is 1.00. The summed E-state index contributed by atoms with van der Waals surface area (Å²) in [5.41, 5.74) is 11.8. The smallest absolute Gasteiger partial charge is 0.0278 e. The van der Waals surface area contributed by atoms with Gasteiger partial charge in [0.2, 0.25) is 0 Å². The van der Waals surface area contributed by atoms with Gasteiger partial charge in [0, 0.05) is 12.1 Å². The first-order valence-corrected chi connectivity index (χ1v) is 5.19. The van der Waals surface area contributed by atoms with Crippen molar-refractivity contribution < 1.29 is 0 Å². The molecule has 0 spiro atoms. The number of hydrogen-bond acceptors (Lipinski definition) is 2. The Balaban J connectivity index is 2.44. The van der Waals surface area contributed by atoms with E-state index in [-0.39, 0.29) is 5.54 Å². The van der Waals surface area contributed by atoms with Gasteiger partial charge in [-0.05, 0) is 25.2 Å². The van der Waals surface area contributed by atoms with Crippen LogP contribution in [0.2, 0.25) is 0 Å². The van der Waals surface area contributed by atoms with Gasteiger partial charge in [0.25, 0.3) is 0 Å². The maximum Gasteiger partial charge on any atom is 0.0278 e. The lowest BCUT2D eigenvalue weighted by Gasteiger charge is -2.25. The Morgan fingerprint density at radius 2 is 2.08 bits per heavy atom. The summed E-state index contributed by atoms with van der Waals surface area (Å²) in [7, 11) is 0. The summed E-state index contributed by atoms with van der Waals surface area (Å²) in [5, 5.41) is 0. The van der Waals surface area contributed by atoms with E-state index < -0.39 is 0 Å². The SMILES string of the molecule is CCC1CCCC(N)(CN)CC1. The maximum absolute atomic E-state index is 6.15. The molecule has 0 bridgehead atoms. The normalized spacial score (nSPS) is 37.8. The Morgan fingerprint density at radius 3 is 2.67 bits per heavy atom. The quantitative estimate of drug-likeness (QED) is 0.619. The van der Waals surface area contributed by atoms with Crippen LogP contribution in [0.3, 0.4) is 0 Å². The third-order valence-corrected chi connectivity index (χ3v) is 3.32. The zero-order valence-corrected chi connectivity index (χ0v) is 8.18. The van der Waals surface area contributed by atoms with Gasteiger partial charge in [-0.3, -0.25) is 0 Å². The fourth-order valence-corrected chi connectivity index (χ4v) is 2.12. The Labute approximate surface area is 75.7 Å². The zero-order valence-electron chi connectivity index (χ0n) is 8.18. The number of nitrogens with two attached hydrogens (primary N) is 2. The van der Waals surface area contributed by atoms with E-state index >= 15 is 0 Å². The first-order chi connectivity index (χ1) is 5.70. The topological polar surface area (TPSA) is 52.0 Å². The Morgan fingerprint density at radius 1 is 1.33 bits per heavy atom. The largest absolute Gasteiger partial charge is 0.329 e. The average molecular weight is 170 g/mol. The van der Waals surface area contributed by atoms with Crippen LogP contribution in [0.15, 0.2) is 0 Å². The van der Waals surface area contributed by atoms with Crippen LogP contribution in [-0.2, 0) is 0 Å². The van der Waals surface area contributed by atoms with Crippen LogP contribution in [0.4, 0.5) is 0 Å². The molecule has 0 heterocycles. The highest BCUT2D eigenvalue weighted by atomic mass is 14.8. The van der Waals surface area contributed by atoms with Crippen LogP contribution in [0.25, 0.3) is 0 Å².